The van der Waals surface area contributed by atoms with Gasteiger partial charge in [-0.05, 0) is 17.5 Å². The van der Waals surface area contributed by atoms with Gasteiger partial charge >= 0.3 is 6.18 Å². The third-order valence-corrected chi connectivity index (χ3v) is 4.95. The first-order valence-electron chi connectivity index (χ1n) is 8.59. The van der Waals surface area contributed by atoms with E-state index in [4.69, 9.17) is 0 Å². The van der Waals surface area contributed by atoms with Crippen LogP contribution in [0, 0.1) is 52.4 Å². The first kappa shape index (κ1) is 22.7. The number of alkyl halides is 3. The molecule has 0 spiro atoms. The van der Waals surface area contributed by atoms with E-state index in [9.17, 15) is 52.7 Å². The summed E-state index contributed by atoms with van der Waals surface area (Å²) in [5, 5.41) is -4.36. The highest BCUT2D eigenvalue weighted by atomic mass is 19.4. The Morgan fingerprint density at radius 3 is 1.61 bits per heavy atom. The number of rotatable bonds is 1. The van der Waals surface area contributed by atoms with Crippen molar-refractivity contribution in [2.45, 2.75) is 6.18 Å². The van der Waals surface area contributed by atoms with E-state index in [0.717, 1.165) is 12.1 Å². The first-order valence-corrected chi connectivity index (χ1v) is 8.59. The van der Waals surface area contributed by atoms with Crippen LogP contribution in [0.1, 0.15) is 5.56 Å². The second-order valence-corrected chi connectivity index (χ2v) is 6.77. The highest BCUT2D eigenvalue weighted by Crippen LogP contribution is 2.46. The van der Waals surface area contributed by atoms with Crippen molar-refractivity contribution in [3.63, 3.8) is 0 Å². The summed E-state index contributed by atoms with van der Waals surface area (Å²) in [6.45, 7) is 0. The smallest absolute Gasteiger partial charge is 0.206 e. The molecule has 0 amide bonds. The van der Waals surface area contributed by atoms with Gasteiger partial charge in [-0.2, -0.15) is 13.2 Å². The van der Waals surface area contributed by atoms with Crippen LogP contribution in [0.3, 0.4) is 0 Å². The van der Waals surface area contributed by atoms with Gasteiger partial charge in [0, 0.05) is 21.7 Å². The van der Waals surface area contributed by atoms with E-state index < -0.39 is 96.8 Å². The maximum Gasteiger partial charge on any atom is 0.422 e. The van der Waals surface area contributed by atoms with Crippen LogP contribution in [-0.2, 0) is 6.18 Å². The number of hydrogen-bond donors (Lipinski definition) is 0. The topological polar surface area (TPSA) is 0 Å². The van der Waals surface area contributed by atoms with E-state index in [2.05, 4.69) is 0 Å². The summed E-state index contributed by atoms with van der Waals surface area (Å²) in [7, 11) is 0. The van der Waals surface area contributed by atoms with Crippen LogP contribution in [0.25, 0.3) is 32.7 Å². The second-order valence-electron chi connectivity index (χ2n) is 6.77. The average Bonchev–Trinajstić information content (AvgIpc) is 2.73. The Morgan fingerprint density at radius 2 is 1.06 bits per heavy atom. The lowest BCUT2D eigenvalue weighted by molar-refractivity contribution is -0.143. The molecule has 4 aromatic carbocycles. The van der Waals surface area contributed by atoms with Crippen molar-refractivity contribution in [3.05, 3.63) is 82.2 Å². The number of benzene rings is 4. The van der Waals surface area contributed by atoms with Crippen molar-refractivity contribution in [3.8, 4) is 11.1 Å². The van der Waals surface area contributed by atoms with E-state index >= 15 is 0 Å². The third kappa shape index (κ3) is 3.10. The molecule has 0 aliphatic carbocycles. The lowest BCUT2D eigenvalue weighted by Crippen LogP contribution is -2.16. The fourth-order valence-electron chi connectivity index (χ4n) is 3.58. The molecular weight excluding hydrogens is 480 g/mol. The SMILES string of the molecule is Fc1c(F)c(C(F)(F)F)c(F)c(F)c1-c1c2c(F)cccc2cc2c(F)c(F)c(F)c(F)c12. The van der Waals surface area contributed by atoms with Crippen molar-refractivity contribution in [2.75, 3.05) is 0 Å². The molecule has 4 rings (SSSR count). The molecule has 4 aromatic rings. The molecule has 0 N–H and O–H groups in total. The van der Waals surface area contributed by atoms with Crippen molar-refractivity contribution >= 4 is 21.5 Å². The number of fused-ring (bicyclic) bond motifs is 2. The normalized spacial score (nSPS) is 12.2. The Morgan fingerprint density at radius 1 is 0.515 bits per heavy atom. The average molecular weight is 484 g/mol. The van der Waals surface area contributed by atoms with Crippen LogP contribution in [0.4, 0.5) is 52.7 Å². The Kier molecular flexibility index (Phi) is 5.02. The second kappa shape index (κ2) is 7.29. The standard InChI is InChI=1S/C21H4F12/c22-7-3-1-2-5-4-6-9(14(24)20(30)19(29)13(6)23)10(8(5)7)11-15(25)17(27)12(21(31,32)33)18(28)16(11)26/h1-4H. The molecule has 33 heavy (non-hydrogen) atoms. The summed E-state index contributed by atoms with van der Waals surface area (Å²) in [4.78, 5) is 0. The molecule has 0 saturated carbocycles. The third-order valence-electron chi connectivity index (χ3n) is 4.95. The summed E-state index contributed by atoms with van der Waals surface area (Å²) in [6.07, 6.45) is -5.92. The van der Waals surface area contributed by atoms with E-state index in [-0.39, 0.29) is 0 Å². The summed E-state index contributed by atoms with van der Waals surface area (Å²) in [5.74, 6) is -22.2. The van der Waals surface area contributed by atoms with Gasteiger partial charge in [0.05, 0.1) is 5.56 Å². The molecule has 0 heterocycles. The van der Waals surface area contributed by atoms with Crippen molar-refractivity contribution in [1.29, 1.82) is 0 Å². The Hall–Kier alpha value is -3.44. The summed E-state index contributed by atoms with van der Waals surface area (Å²) >= 11 is 0. The van der Waals surface area contributed by atoms with Crippen LogP contribution in [0.15, 0.2) is 24.3 Å². The summed E-state index contributed by atoms with van der Waals surface area (Å²) < 4.78 is 168. The Labute approximate surface area is 174 Å². The quantitative estimate of drug-likeness (QED) is 0.111. The Balaban J connectivity index is 2.38. The first-order chi connectivity index (χ1) is 15.3. The summed E-state index contributed by atoms with van der Waals surface area (Å²) in [6, 6.07) is 3.07. The minimum atomic E-state index is -5.92. The maximum atomic E-state index is 14.7. The van der Waals surface area contributed by atoms with Gasteiger partial charge in [-0.25, -0.2) is 39.5 Å². The lowest BCUT2D eigenvalue weighted by Gasteiger charge is -2.18. The molecule has 172 valence electrons. The molecule has 0 aromatic heterocycles. The zero-order valence-corrected chi connectivity index (χ0v) is 15.3. The van der Waals surface area contributed by atoms with Gasteiger partial charge in [-0.1, -0.05) is 12.1 Å². The van der Waals surface area contributed by atoms with Crippen LogP contribution in [0.5, 0.6) is 0 Å². The van der Waals surface area contributed by atoms with E-state index in [1.807, 2.05) is 0 Å². The van der Waals surface area contributed by atoms with E-state index in [1.165, 1.54) is 0 Å². The molecule has 0 nitrogen and oxygen atoms in total. The molecule has 0 atom stereocenters. The van der Waals surface area contributed by atoms with E-state index in [0.29, 0.717) is 12.1 Å². The Bertz CT molecular complexity index is 1450. The van der Waals surface area contributed by atoms with Crippen LogP contribution < -0.4 is 0 Å². The lowest BCUT2D eigenvalue weighted by atomic mass is 9.89. The van der Waals surface area contributed by atoms with Gasteiger partial charge in [0.1, 0.15) is 11.4 Å². The largest absolute Gasteiger partial charge is 0.422 e. The van der Waals surface area contributed by atoms with Gasteiger partial charge in [-0.3, -0.25) is 0 Å². The van der Waals surface area contributed by atoms with Gasteiger partial charge < -0.3 is 0 Å². The van der Waals surface area contributed by atoms with Crippen LogP contribution in [0.2, 0.25) is 0 Å². The van der Waals surface area contributed by atoms with Gasteiger partial charge in [-0.15, -0.1) is 0 Å². The van der Waals surface area contributed by atoms with Crippen molar-refractivity contribution in [1.82, 2.24) is 0 Å². The zero-order valence-electron chi connectivity index (χ0n) is 15.3. The molecule has 0 aliphatic rings. The molecular formula is C21H4F12. The van der Waals surface area contributed by atoms with Gasteiger partial charge in [0.25, 0.3) is 0 Å². The molecule has 0 radical (unpaired) electrons. The van der Waals surface area contributed by atoms with Crippen LogP contribution in [-0.4, -0.2) is 0 Å². The molecule has 0 fully saturated rings. The molecule has 12 heteroatoms. The molecule has 0 unspecified atom stereocenters. The zero-order chi connectivity index (χ0) is 24.6. The minimum absolute atomic E-state index is 0.527. The monoisotopic (exact) mass is 484 g/mol. The molecule has 0 saturated heterocycles. The minimum Gasteiger partial charge on any atom is -0.206 e. The fraction of sp³-hybridized carbons (Fsp3) is 0.0476. The fourth-order valence-corrected chi connectivity index (χ4v) is 3.58. The highest BCUT2D eigenvalue weighted by Gasteiger charge is 2.43. The number of hydrogen-bond acceptors (Lipinski definition) is 0. The van der Waals surface area contributed by atoms with Gasteiger partial charge in [0.15, 0.2) is 46.5 Å². The van der Waals surface area contributed by atoms with Crippen molar-refractivity contribution < 1.29 is 52.7 Å². The molecule has 0 aliphatic heterocycles. The molecule has 0 bridgehead atoms. The predicted molar refractivity (Wildman–Crippen MR) is 91.5 cm³/mol. The van der Waals surface area contributed by atoms with Crippen LogP contribution >= 0.6 is 0 Å². The van der Waals surface area contributed by atoms with Crippen molar-refractivity contribution in [2.24, 2.45) is 0 Å². The number of halogens is 12. The predicted octanol–water partition coefficient (Wildman–Crippen LogP) is 7.93. The summed E-state index contributed by atoms with van der Waals surface area (Å²) in [5.41, 5.74) is -6.62. The van der Waals surface area contributed by atoms with Gasteiger partial charge in [0.2, 0.25) is 0 Å². The van der Waals surface area contributed by atoms with E-state index in [1.54, 1.807) is 0 Å². The highest BCUT2D eigenvalue weighted by molar-refractivity contribution is 6.13. The maximum absolute atomic E-state index is 14.7.